The Balaban J connectivity index is 1.65. The number of anilines is 1. The summed E-state index contributed by atoms with van der Waals surface area (Å²) in [6.45, 7) is -0.926. The predicted molar refractivity (Wildman–Crippen MR) is 124 cm³/mol. The normalized spacial score (nSPS) is 18.8. The van der Waals surface area contributed by atoms with Crippen LogP contribution in [-0.4, -0.2) is 70.8 Å². The third-order valence-corrected chi connectivity index (χ3v) is 8.49. The molecule has 4 rings (SSSR count). The largest absolute Gasteiger partial charge is 0.430 e. The number of sulfone groups is 1. The van der Waals surface area contributed by atoms with E-state index in [1.807, 2.05) is 0 Å². The lowest BCUT2D eigenvalue weighted by atomic mass is 9.92. The molecule has 2 aromatic rings. The maximum Gasteiger partial charge on any atom is 0.430 e. The number of aliphatic hydroxyl groups excluding tert-OH is 1. The van der Waals surface area contributed by atoms with Crippen LogP contribution in [0, 0.1) is 0 Å². The van der Waals surface area contributed by atoms with Crippen molar-refractivity contribution >= 4 is 27.3 Å². The highest BCUT2D eigenvalue weighted by atomic mass is 32.2. The Morgan fingerprint density at radius 3 is 2.08 bits per heavy atom. The number of fused-ring (bicyclic) bond motifs is 1. The van der Waals surface area contributed by atoms with Crippen LogP contribution in [0.15, 0.2) is 47.4 Å². The van der Waals surface area contributed by atoms with E-state index in [9.17, 15) is 54.6 Å². The van der Waals surface area contributed by atoms with Gasteiger partial charge in [-0.05, 0) is 48.2 Å². The van der Waals surface area contributed by atoms with Crippen LogP contribution >= 0.6 is 0 Å². The highest BCUT2D eigenvalue weighted by Gasteiger charge is 2.71. The first-order valence-electron chi connectivity index (χ1n) is 11.6. The SMILES string of the molecule is O=C(Nc1ccc(C(O)(C(F)(F)F)C(F)(F)F)cc1)C1c2ccc(S(=O)(=O)CCO)cc2CN1C(=O)C1(O)CC1. The second-order valence-corrected chi connectivity index (χ2v) is 11.7. The topological polar surface area (TPSA) is 144 Å². The van der Waals surface area contributed by atoms with Crippen molar-refractivity contribution in [2.75, 3.05) is 17.7 Å². The van der Waals surface area contributed by atoms with Crippen LogP contribution < -0.4 is 5.32 Å². The zero-order valence-corrected chi connectivity index (χ0v) is 21.1. The van der Waals surface area contributed by atoms with Gasteiger partial charge < -0.3 is 25.5 Å². The van der Waals surface area contributed by atoms with Crippen molar-refractivity contribution in [3.8, 4) is 0 Å². The number of alkyl halides is 6. The molecule has 0 aromatic heterocycles. The molecule has 16 heteroatoms. The van der Waals surface area contributed by atoms with Gasteiger partial charge in [-0.3, -0.25) is 9.59 Å². The molecule has 1 unspecified atom stereocenters. The number of nitrogens with zero attached hydrogens (tertiary/aromatic N) is 1. The minimum Gasteiger partial charge on any atom is -0.395 e. The van der Waals surface area contributed by atoms with Gasteiger partial charge in [0, 0.05) is 17.8 Å². The average Bonchev–Trinajstić information content (AvgIpc) is 3.48. The summed E-state index contributed by atoms with van der Waals surface area (Å²) in [6, 6.07) is 4.31. The molecule has 1 fully saturated rings. The molecule has 0 bridgehead atoms. The van der Waals surface area contributed by atoms with Crippen LogP contribution in [0.3, 0.4) is 0 Å². The molecule has 0 radical (unpaired) electrons. The van der Waals surface area contributed by atoms with E-state index in [-0.39, 0.29) is 41.1 Å². The van der Waals surface area contributed by atoms with Gasteiger partial charge in [0.05, 0.1) is 17.3 Å². The van der Waals surface area contributed by atoms with Crippen LogP contribution in [0.2, 0.25) is 0 Å². The fourth-order valence-corrected chi connectivity index (χ4v) is 5.50. The molecule has 2 amide bonds. The Labute approximate surface area is 222 Å². The maximum absolute atomic E-state index is 13.3. The molecule has 0 spiro atoms. The monoisotopic (exact) mass is 596 g/mol. The second kappa shape index (κ2) is 9.71. The highest BCUT2D eigenvalue weighted by Crippen LogP contribution is 2.50. The molecule has 218 valence electrons. The molecular formula is C24H22F6N2O7S. The fourth-order valence-electron chi connectivity index (χ4n) is 4.42. The number of amides is 2. The third-order valence-electron chi connectivity index (χ3n) is 6.80. The lowest BCUT2D eigenvalue weighted by Crippen LogP contribution is -2.53. The minimum absolute atomic E-state index is 0.117. The van der Waals surface area contributed by atoms with E-state index in [1.165, 1.54) is 12.1 Å². The number of carbonyl (C=O) groups excluding carboxylic acids is 2. The predicted octanol–water partition coefficient (Wildman–Crippen LogP) is 2.31. The lowest BCUT2D eigenvalue weighted by Gasteiger charge is -2.32. The van der Waals surface area contributed by atoms with Crippen LogP contribution in [0.1, 0.15) is 35.6 Å². The quantitative estimate of drug-likeness (QED) is 0.359. The van der Waals surface area contributed by atoms with Gasteiger partial charge in [-0.2, -0.15) is 26.3 Å². The number of nitrogens with one attached hydrogen (secondary N) is 1. The van der Waals surface area contributed by atoms with E-state index in [1.54, 1.807) is 0 Å². The molecule has 2 aromatic carbocycles. The van der Waals surface area contributed by atoms with E-state index < -0.39 is 69.2 Å². The number of hydrogen-bond donors (Lipinski definition) is 4. The highest BCUT2D eigenvalue weighted by molar-refractivity contribution is 7.91. The summed E-state index contributed by atoms with van der Waals surface area (Å²) in [6.07, 6.45) is -12.0. The Morgan fingerprint density at radius 1 is 1.00 bits per heavy atom. The number of halogens is 6. The van der Waals surface area contributed by atoms with Crippen molar-refractivity contribution < 1.29 is 59.7 Å². The Kier molecular flexibility index (Phi) is 7.23. The molecule has 1 saturated carbocycles. The summed E-state index contributed by atoms with van der Waals surface area (Å²) in [5.74, 6) is -2.34. The van der Waals surface area contributed by atoms with Crippen LogP contribution in [0.4, 0.5) is 32.0 Å². The third kappa shape index (κ3) is 5.04. The van der Waals surface area contributed by atoms with E-state index in [0.29, 0.717) is 24.3 Å². The first-order valence-corrected chi connectivity index (χ1v) is 13.3. The Hall–Kier alpha value is -3.21. The molecular weight excluding hydrogens is 574 g/mol. The minimum atomic E-state index is -6.10. The van der Waals surface area contributed by atoms with Gasteiger partial charge in [0.1, 0.15) is 11.6 Å². The molecule has 40 heavy (non-hydrogen) atoms. The van der Waals surface area contributed by atoms with E-state index in [0.717, 1.165) is 11.0 Å². The number of hydrogen-bond acceptors (Lipinski definition) is 7. The van der Waals surface area contributed by atoms with Gasteiger partial charge in [-0.25, -0.2) is 8.42 Å². The zero-order chi connectivity index (χ0) is 29.9. The van der Waals surface area contributed by atoms with Crippen molar-refractivity contribution in [2.24, 2.45) is 0 Å². The summed E-state index contributed by atoms with van der Waals surface area (Å²) in [5.41, 5.74) is -8.28. The van der Waals surface area contributed by atoms with Crippen LogP contribution in [-0.2, 0) is 31.6 Å². The number of benzene rings is 2. The average molecular weight is 597 g/mol. The smallest absolute Gasteiger partial charge is 0.395 e. The van der Waals surface area contributed by atoms with E-state index in [2.05, 4.69) is 5.32 Å². The molecule has 1 aliphatic heterocycles. The van der Waals surface area contributed by atoms with Gasteiger partial charge in [0.15, 0.2) is 9.84 Å². The zero-order valence-electron chi connectivity index (χ0n) is 20.3. The summed E-state index contributed by atoms with van der Waals surface area (Å²) in [7, 11) is -3.89. The van der Waals surface area contributed by atoms with Crippen molar-refractivity contribution in [3.63, 3.8) is 0 Å². The van der Waals surface area contributed by atoms with Crippen molar-refractivity contribution in [1.29, 1.82) is 0 Å². The van der Waals surface area contributed by atoms with Crippen molar-refractivity contribution in [3.05, 3.63) is 59.2 Å². The number of rotatable bonds is 7. The molecule has 2 aliphatic rings. The standard InChI is InChI=1S/C24H22F6N2O7S/c25-23(26,27)22(37,24(28,29)30)14-1-3-15(4-2-14)31-19(34)18-17-6-5-16(40(38,39)10-9-33)11-13(17)12-32(18)20(35)21(36)7-8-21/h1-6,11,18,33,36-37H,7-10,12H2,(H,31,34). The molecule has 0 saturated heterocycles. The molecule has 9 nitrogen and oxygen atoms in total. The second-order valence-electron chi connectivity index (χ2n) is 9.54. The molecule has 1 aliphatic carbocycles. The van der Waals surface area contributed by atoms with Gasteiger partial charge in [0.2, 0.25) is 0 Å². The van der Waals surface area contributed by atoms with Gasteiger partial charge in [-0.15, -0.1) is 0 Å². The summed E-state index contributed by atoms with van der Waals surface area (Å²) < 4.78 is 104. The fraction of sp³-hybridized carbons (Fsp3) is 0.417. The lowest BCUT2D eigenvalue weighted by molar-refractivity contribution is -0.376. The van der Waals surface area contributed by atoms with Crippen LogP contribution in [0.25, 0.3) is 0 Å². The van der Waals surface area contributed by atoms with Crippen molar-refractivity contribution in [1.82, 2.24) is 4.90 Å². The van der Waals surface area contributed by atoms with Crippen molar-refractivity contribution in [2.45, 2.75) is 53.9 Å². The molecule has 1 atom stereocenters. The summed E-state index contributed by atoms with van der Waals surface area (Å²) in [5, 5.41) is 31.2. The summed E-state index contributed by atoms with van der Waals surface area (Å²) in [4.78, 5) is 27.1. The first-order chi connectivity index (χ1) is 18.4. The van der Waals surface area contributed by atoms with Gasteiger partial charge >= 0.3 is 12.4 Å². The Morgan fingerprint density at radius 2 is 1.57 bits per heavy atom. The van der Waals surface area contributed by atoms with Gasteiger partial charge in [0.25, 0.3) is 17.4 Å². The van der Waals surface area contributed by atoms with E-state index in [4.69, 9.17) is 5.11 Å². The van der Waals surface area contributed by atoms with Gasteiger partial charge in [-0.1, -0.05) is 18.2 Å². The maximum atomic E-state index is 13.3. The van der Waals surface area contributed by atoms with E-state index >= 15 is 0 Å². The number of carbonyl (C=O) groups is 2. The number of aliphatic hydroxyl groups is 3. The Bertz CT molecular complexity index is 1420. The molecule has 4 N–H and O–H groups in total. The van der Waals surface area contributed by atoms with Crippen LogP contribution in [0.5, 0.6) is 0 Å². The molecule has 1 heterocycles. The summed E-state index contributed by atoms with van der Waals surface area (Å²) >= 11 is 0. The first kappa shape index (κ1) is 29.8.